The Bertz CT molecular complexity index is 770. The van der Waals surface area contributed by atoms with E-state index >= 15 is 0 Å². The van der Waals surface area contributed by atoms with E-state index in [-0.39, 0.29) is 23.2 Å². The maximum absolute atomic E-state index is 12.4. The molecule has 124 valence electrons. The standard InChI is InChI=1S/C19H21N3O2/c1-18(24)11-19(12-18)3-6-22(7-4-19)17-14-2-5-21-10-13(14)8-16(23)15(17)9-20/h2,5,10,24H,3-4,6-8,11-12H2,1H3. The van der Waals surface area contributed by atoms with Crippen molar-refractivity contribution in [3.8, 4) is 6.07 Å². The highest BCUT2D eigenvalue weighted by Gasteiger charge is 2.52. The molecule has 1 saturated carbocycles. The minimum atomic E-state index is -0.516. The molecule has 1 N–H and O–H groups in total. The van der Waals surface area contributed by atoms with E-state index < -0.39 is 5.60 Å². The van der Waals surface area contributed by atoms with Gasteiger partial charge in [-0.2, -0.15) is 5.26 Å². The third-order valence-corrected chi connectivity index (χ3v) is 5.79. The maximum Gasteiger partial charge on any atom is 0.179 e. The second kappa shape index (κ2) is 5.15. The number of ketones is 1. The summed E-state index contributed by atoms with van der Waals surface area (Å²) < 4.78 is 0. The molecule has 3 aliphatic rings. The number of hydrogen-bond donors (Lipinski definition) is 1. The van der Waals surface area contributed by atoms with Crippen LogP contribution in [0.4, 0.5) is 0 Å². The highest BCUT2D eigenvalue weighted by Crippen LogP contribution is 2.55. The van der Waals surface area contributed by atoms with Gasteiger partial charge < -0.3 is 10.0 Å². The first kappa shape index (κ1) is 15.3. The summed E-state index contributed by atoms with van der Waals surface area (Å²) in [5, 5.41) is 19.6. The number of fused-ring (bicyclic) bond motifs is 1. The van der Waals surface area contributed by atoms with E-state index in [9.17, 15) is 15.2 Å². The summed E-state index contributed by atoms with van der Waals surface area (Å²) in [7, 11) is 0. The minimum Gasteiger partial charge on any atom is -0.390 e. The Kier molecular flexibility index (Phi) is 3.29. The lowest BCUT2D eigenvalue weighted by Crippen LogP contribution is -2.54. The number of carbonyl (C=O) groups excluding carboxylic acids is 1. The van der Waals surface area contributed by atoms with E-state index in [4.69, 9.17) is 0 Å². The summed E-state index contributed by atoms with van der Waals surface area (Å²) in [5.74, 6) is -0.111. The quantitative estimate of drug-likeness (QED) is 0.856. The fourth-order valence-corrected chi connectivity index (χ4v) is 4.89. The minimum absolute atomic E-state index is 0.111. The monoisotopic (exact) mass is 323 g/mol. The first-order valence-electron chi connectivity index (χ1n) is 8.51. The van der Waals surface area contributed by atoms with Crippen molar-refractivity contribution < 1.29 is 9.90 Å². The zero-order valence-corrected chi connectivity index (χ0v) is 13.9. The van der Waals surface area contributed by atoms with Crippen molar-refractivity contribution in [2.24, 2.45) is 5.41 Å². The van der Waals surface area contributed by atoms with Gasteiger partial charge in [0.15, 0.2) is 5.78 Å². The van der Waals surface area contributed by atoms with E-state index in [1.54, 1.807) is 12.4 Å². The van der Waals surface area contributed by atoms with Gasteiger partial charge in [-0.15, -0.1) is 0 Å². The first-order chi connectivity index (χ1) is 11.4. The van der Waals surface area contributed by atoms with Crippen LogP contribution < -0.4 is 0 Å². The van der Waals surface area contributed by atoms with E-state index in [1.807, 2.05) is 13.0 Å². The van der Waals surface area contributed by atoms with Gasteiger partial charge in [0.05, 0.1) is 11.3 Å². The maximum atomic E-state index is 12.4. The molecule has 0 bridgehead atoms. The molecule has 1 aromatic rings. The summed E-state index contributed by atoms with van der Waals surface area (Å²) in [5.41, 5.74) is 2.67. The Morgan fingerprint density at radius 2 is 2.04 bits per heavy atom. The third kappa shape index (κ3) is 2.33. The summed E-state index contributed by atoms with van der Waals surface area (Å²) in [6.45, 7) is 3.56. The van der Waals surface area contributed by atoms with Crippen LogP contribution in [0.25, 0.3) is 5.70 Å². The van der Waals surface area contributed by atoms with Gasteiger partial charge in [0.2, 0.25) is 0 Å². The molecule has 0 radical (unpaired) electrons. The van der Waals surface area contributed by atoms with Crippen molar-refractivity contribution in [2.75, 3.05) is 13.1 Å². The average Bonchev–Trinajstić information content (AvgIpc) is 2.52. The van der Waals surface area contributed by atoms with Crippen LogP contribution in [-0.4, -0.2) is 39.5 Å². The van der Waals surface area contributed by atoms with Crippen LogP contribution in [-0.2, 0) is 11.2 Å². The zero-order chi connectivity index (χ0) is 16.9. The molecule has 4 rings (SSSR count). The van der Waals surface area contributed by atoms with Crippen LogP contribution in [0.3, 0.4) is 0 Å². The lowest BCUT2D eigenvalue weighted by atomic mass is 9.56. The molecule has 1 saturated heterocycles. The summed E-state index contributed by atoms with van der Waals surface area (Å²) in [4.78, 5) is 18.7. The molecule has 2 fully saturated rings. The SMILES string of the molecule is CC1(O)CC2(CCN(C3=C(C#N)C(=O)Cc4cnccc43)CC2)C1. The van der Waals surface area contributed by atoms with E-state index in [0.29, 0.717) is 0 Å². The zero-order valence-electron chi connectivity index (χ0n) is 13.9. The average molecular weight is 323 g/mol. The molecule has 2 heterocycles. The Morgan fingerprint density at radius 1 is 1.33 bits per heavy atom. The summed E-state index contributed by atoms with van der Waals surface area (Å²) in [6.07, 6.45) is 7.43. The molecule has 24 heavy (non-hydrogen) atoms. The van der Waals surface area contributed by atoms with Gasteiger partial charge in [-0.1, -0.05) is 0 Å². The Labute approximate surface area is 141 Å². The lowest BCUT2D eigenvalue weighted by molar-refractivity contribution is -0.133. The highest BCUT2D eigenvalue weighted by atomic mass is 16.3. The van der Waals surface area contributed by atoms with E-state index in [2.05, 4.69) is 16.0 Å². The molecular weight excluding hydrogens is 302 g/mol. The van der Waals surface area contributed by atoms with Gasteiger partial charge in [0.25, 0.3) is 0 Å². The molecule has 5 nitrogen and oxygen atoms in total. The Hall–Kier alpha value is -2.19. The van der Waals surface area contributed by atoms with Crippen LogP contribution in [0.5, 0.6) is 0 Å². The van der Waals surface area contributed by atoms with Crippen LogP contribution in [0.2, 0.25) is 0 Å². The number of pyridine rings is 1. The molecular formula is C19H21N3O2. The normalized spacial score (nSPS) is 24.4. The smallest absolute Gasteiger partial charge is 0.179 e. The molecule has 0 atom stereocenters. The van der Waals surface area contributed by atoms with Crippen molar-refractivity contribution in [2.45, 2.75) is 44.6 Å². The number of piperidine rings is 1. The highest BCUT2D eigenvalue weighted by molar-refractivity contribution is 6.09. The molecule has 1 aromatic heterocycles. The number of hydrogen-bond acceptors (Lipinski definition) is 5. The second-order valence-corrected chi connectivity index (χ2v) is 7.81. The predicted molar refractivity (Wildman–Crippen MR) is 88.6 cm³/mol. The van der Waals surface area contributed by atoms with Crippen molar-refractivity contribution >= 4 is 11.5 Å². The predicted octanol–water partition coefficient (Wildman–Crippen LogP) is 2.07. The molecule has 1 aliphatic heterocycles. The molecule has 0 amide bonds. The topological polar surface area (TPSA) is 77.2 Å². The number of likely N-dealkylation sites (tertiary alicyclic amines) is 1. The fraction of sp³-hybridized carbons (Fsp3) is 0.526. The van der Waals surface area contributed by atoms with Gasteiger partial charge in [-0.25, -0.2) is 0 Å². The molecule has 0 unspecified atom stereocenters. The number of allylic oxidation sites excluding steroid dienone is 1. The molecule has 1 spiro atoms. The number of carbonyl (C=O) groups is 1. The van der Waals surface area contributed by atoms with E-state index in [0.717, 1.165) is 55.6 Å². The van der Waals surface area contributed by atoms with E-state index in [1.165, 1.54) is 0 Å². The van der Waals surface area contributed by atoms with Gasteiger partial charge in [0.1, 0.15) is 11.6 Å². The Morgan fingerprint density at radius 3 is 2.67 bits per heavy atom. The first-order valence-corrected chi connectivity index (χ1v) is 8.51. The number of nitrogens with zero attached hydrogens (tertiary/aromatic N) is 3. The Balaban J connectivity index is 1.63. The van der Waals surface area contributed by atoms with Gasteiger partial charge in [-0.3, -0.25) is 9.78 Å². The molecule has 2 aliphatic carbocycles. The molecule has 5 heteroatoms. The number of Topliss-reactive ketones (excluding diaryl/α,β-unsaturated/α-hetero) is 1. The number of rotatable bonds is 1. The second-order valence-electron chi connectivity index (χ2n) is 7.81. The van der Waals surface area contributed by atoms with Crippen LogP contribution in [0.15, 0.2) is 24.0 Å². The van der Waals surface area contributed by atoms with Crippen molar-refractivity contribution in [1.29, 1.82) is 5.26 Å². The fourth-order valence-electron chi connectivity index (χ4n) is 4.89. The van der Waals surface area contributed by atoms with Gasteiger partial charge >= 0.3 is 0 Å². The van der Waals surface area contributed by atoms with Crippen LogP contribution >= 0.6 is 0 Å². The number of aromatic nitrogens is 1. The van der Waals surface area contributed by atoms with Crippen LogP contribution in [0.1, 0.15) is 43.7 Å². The number of nitriles is 1. The third-order valence-electron chi connectivity index (χ3n) is 5.79. The van der Waals surface area contributed by atoms with Crippen molar-refractivity contribution in [1.82, 2.24) is 9.88 Å². The number of aliphatic hydroxyl groups is 1. The van der Waals surface area contributed by atoms with Crippen molar-refractivity contribution in [3.05, 3.63) is 35.2 Å². The summed E-state index contributed by atoms with van der Waals surface area (Å²) >= 11 is 0. The van der Waals surface area contributed by atoms with Crippen molar-refractivity contribution in [3.63, 3.8) is 0 Å². The van der Waals surface area contributed by atoms with Gasteiger partial charge in [-0.05, 0) is 49.7 Å². The van der Waals surface area contributed by atoms with Crippen LogP contribution in [0, 0.1) is 16.7 Å². The molecule has 0 aromatic carbocycles. The lowest BCUT2D eigenvalue weighted by Gasteiger charge is -2.56. The van der Waals surface area contributed by atoms with Gasteiger partial charge in [0, 0.05) is 37.5 Å². The summed E-state index contributed by atoms with van der Waals surface area (Å²) in [6, 6.07) is 4.04. The largest absolute Gasteiger partial charge is 0.390 e.